The molecule has 0 unspecified atom stereocenters. The van der Waals surface area contributed by atoms with Gasteiger partial charge in [-0.15, -0.1) is 0 Å². The fourth-order valence-corrected chi connectivity index (χ4v) is 1.21. The molecule has 0 aliphatic heterocycles. The van der Waals surface area contributed by atoms with Gasteiger partial charge in [0.1, 0.15) is 11.2 Å². The quantitative estimate of drug-likeness (QED) is 0.645. The van der Waals surface area contributed by atoms with E-state index >= 15 is 0 Å². The molecular weight excluding hydrogens is 236 g/mol. The van der Waals surface area contributed by atoms with E-state index in [9.17, 15) is 14.9 Å². The molecule has 1 aromatic heterocycles. The van der Waals surface area contributed by atoms with Gasteiger partial charge in [-0.1, -0.05) is 23.8 Å². The zero-order valence-corrected chi connectivity index (χ0v) is 8.72. The zero-order chi connectivity index (χ0) is 12.1. The summed E-state index contributed by atoms with van der Waals surface area (Å²) in [6, 6.07) is 0. The Morgan fingerprint density at radius 2 is 2.31 bits per heavy atom. The summed E-state index contributed by atoms with van der Waals surface area (Å²) in [6.07, 6.45) is 4.91. The van der Waals surface area contributed by atoms with Gasteiger partial charge in [0.05, 0.1) is 11.3 Å². The number of halogens is 1. The third-order valence-corrected chi connectivity index (χ3v) is 2.09. The summed E-state index contributed by atoms with van der Waals surface area (Å²) in [6.45, 7) is 0. The molecule has 6 nitrogen and oxygen atoms in total. The van der Waals surface area contributed by atoms with Crippen molar-refractivity contribution in [1.82, 2.24) is 4.98 Å². The highest BCUT2D eigenvalue weighted by Crippen LogP contribution is 2.27. The Kier molecular flexibility index (Phi) is 3.96. The monoisotopic (exact) mass is 242 g/mol. The standard InChI is InChI=1S/C9H7ClN2O4/c10-9-6(2-1-3-8(13)14)4-11-5-7(9)12(15)16/h1-2,4-5H,3H2,(H,13,14). The summed E-state index contributed by atoms with van der Waals surface area (Å²) in [7, 11) is 0. The molecule has 0 atom stereocenters. The summed E-state index contributed by atoms with van der Waals surface area (Å²) < 4.78 is 0. The highest BCUT2D eigenvalue weighted by atomic mass is 35.5. The molecule has 0 spiro atoms. The first-order chi connectivity index (χ1) is 7.52. The Labute approximate surface area is 95.3 Å². The lowest BCUT2D eigenvalue weighted by atomic mass is 10.2. The van der Waals surface area contributed by atoms with Crippen molar-refractivity contribution < 1.29 is 14.8 Å². The van der Waals surface area contributed by atoms with Crippen LogP contribution >= 0.6 is 11.6 Å². The molecule has 1 aromatic rings. The van der Waals surface area contributed by atoms with Gasteiger partial charge in [-0.25, -0.2) is 0 Å². The van der Waals surface area contributed by atoms with Crippen molar-refractivity contribution in [3.05, 3.63) is 39.2 Å². The van der Waals surface area contributed by atoms with E-state index in [1.807, 2.05) is 0 Å². The molecule has 0 amide bonds. The van der Waals surface area contributed by atoms with Crippen molar-refractivity contribution in [2.24, 2.45) is 0 Å². The number of aromatic nitrogens is 1. The molecule has 84 valence electrons. The fraction of sp³-hybridized carbons (Fsp3) is 0.111. The third kappa shape index (κ3) is 3.03. The second-order valence-corrected chi connectivity index (χ2v) is 3.20. The molecule has 16 heavy (non-hydrogen) atoms. The van der Waals surface area contributed by atoms with Gasteiger partial charge in [-0.05, 0) is 0 Å². The lowest BCUT2D eigenvalue weighted by molar-refractivity contribution is -0.385. The molecule has 0 fully saturated rings. The largest absolute Gasteiger partial charge is 0.481 e. The van der Waals surface area contributed by atoms with Crippen LogP contribution in [0.25, 0.3) is 6.08 Å². The second kappa shape index (κ2) is 5.22. The van der Waals surface area contributed by atoms with E-state index in [1.165, 1.54) is 18.3 Å². The zero-order valence-electron chi connectivity index (χ0n) is 7.96. The predicted molar refractivity (Wildman–Crippen MR) is 57.2 cm³/mol. The van der Waals surface area contributed by atoms with Crippen molar-refractivity contribution >= 4 is 29.3 Å². The van der Waals surface area contributed by atoms with Gasteiger partial charge >= 0.3 is 11.7 Å². The molecule has 0 bridgehead atoms. The number of rotatable bonds is 4. The van der Waals surface area contributed by atoms with Crippen LogP contribution < -0.4 is 0 Å². The number of nitrogens with zero attached hydrogens (tertiary/aromatic N) is 2. The Morgan fingerprint density at radius 3 is 2.88 bits per heavy atom. The normalized spacial score (nSPS) is 10.6. The number of carboxylic acid groups (broad SMARTS) is 1. The molecule has 0 aromatic carbocycles. The summed E-state index contributed by atoms with van der Waals surface area (Å²) in [5.74, 6) is -0.995. The van der Waals surface area contributed by atoms with Crippen LogP contribution in [0.15, 0.2) is 18.5 Å². The summed E-state index contributed by atoms with van der Waals surface area (Å²) in [4.78, 5) is 23.8. The molecule has 1 rings (SSSR count). The van der Waals surface area contributed by atoms with Gasteiger partial charge in [0.2, 0.25) is 0 Å². The maximum absolute atomic E-state index is 10.5. The Bertz CT molecular complexity index is 459. The van der Waals surface area contributed by atoms with Gasteiger partial charge in [0, 0.05) is 11.8 Å². The first-order valence-electron chi connectivity index (χ1n) is 4.18. The number of hydrogen-bond acceptors (Lipinski definition) is 4. The lowest BCUT2D eigenvalue weighted by Crippen LogP contribution is -1.93. The number of carbonyl (C=O) groups is 1. The number of pyridine rings is 1. The van der Waals surface area contributed by atoms with Crippen LogP contribution in [-0.2, 0) is 4.79 Å². The van der Waals surface area contributed by atoms with E-state index in [2.05, 4.69) is 4.98 Å². The summed E-state index contributed by atoms with van der Waals surface area (Å²) >= 11 is 5.74. The number of aliphatic carboxylic acids is 1. The third-order valence-electron chi connectivity index (χ3n) is 1.68. The molecular formula is C9H7ClN2O4. The maximum atomic E-state index is 10.5. The average Bonchev–Trinajstić information content (AvgIpc) is 2.19. The molecule has 1 heterocycles. The Hall–Kier alpha value is -1.95. The SMILES string of the molecule is O=C(O)CC=Cc1cncc([N+](=O)[O-])c1Cl. The van der Waals surface area contributed by atoms with E-state index < -0.39 is 10.9 Å². The van der Waals surface area contributed by atoms with E-state index in [0.29, 0.717) is 5.56 Å². The summed E-state index contributed by atoms with van der Waals surface area (Å²) in [5, 5.41) is 18.9. The molecule has 0 saturated heterocycles. The van der Waals surface area contributed by atoms with Crippen LogP contribution in [-0.4, -0.2) is 21.0 Å². The molecule has 7 heteroatoms. The number of nitro groups is 1. The van der Waals surface area contributed by atoms with Crippen LogP contribution in [0, 0.1) is 10.1 Å². The fourth-order valence-electron chi connectivity index (χ4n) is 0.980. The van der Waals surface area contributed by atoms with Gasteiger partial charge in [0.15, 0.2) is 0 Å². The van der Waals surface area contributed by atoms with Crippen LogP contribution in [0.3, 0.4) is 0 Å². The Balaban J connectivity index is 2.97. The molecule has 0 radical (unpaired) electrons. The maximum Gasteiger partial charge on any atom is 0.307 e. The highest BCUT2D eigenvalue weighted by molar-refractivity contribution is 6.34. The molecule has 0 aliphatic carbocycles. The van der Waals surface area contributed by atoms with Crippen LogP contribution in [0.5, 0.6) is 0 Å². The van der Waals surface area contributed by atoms with Crippen molar-refractivity contribution in [3.8, 4) is 0 Å². The molecule has 0 saturated carbocycles. The van der Waals surface area contributed by atoms with Crippen LogP contribution in [0.4, 0.5) is 5.69 Å². The molecule has 0 aliphatic rings. The number of hydrogen-bond donors (Lipinski definition) is 1. The average molecular weight is 243 g/mol. The van der Waals surface area contributed by atoms with E-state index in [1.54, 1.807) is 0 Å². The van der Waals surface area contributed by atoms with Crippen molar-refractivity contribution in [1.29, 1.82) is 0 Å². The smallest absolute Gasteiger partial charge is 0.307 e. The van der Waals surface area contributed by atoms with Gasteiger partial charge in [0.25, 0.3) is 0 Å². The minimum absolute atomic E-state index is 0.0540. The summed E-state index contributed by atoms with van der Waals surface area (Å²) in [5.41, 5.74) is 0.0104. The highest BCUT2D eigenvalue weighted by Gasteiger charge is 2.14. The lowest BCUT2D eigenvalue weighted by Gasteiger charge is -1.98. The van der Waals surface area contributed by atoms with E-state index in [-0.39, 0.29) is 17.1 Å². The van der Waals surface area contributed by atoms with Crippen LogP contribution in [0.1, 0.15) is 12.0 Å². The predicted octanol–water partition coefficient (Wildman–Crippen LogP) is 2.13. The van der Waals surface area contributed by atoms with E-state index in [4.69, 9.17) is 16.7 Å². The van der Waals surface area contributed by atoms with Gasteiger partial charge in [-0.3, -0.25) is 19.9 Å². The van der Waals surface area contributed by atoms with Gasteiger partial charge in [-0.2, -0.15) is 0 Å². The van der Waals surface area contributed by atoms with Crippen molar-refractivity contribution in [2.45, 2.75) is 6.42 Å². The minimum atomic E-state index is -0.995. The minimum Gasteiger partial charge on any atom is -0.481 e. The van der Waals surface area contributed by atoms with Gasteiger partial charge < -0.3 is 5.11 Å². The topological polar surface area (TPSA) is 93.3 Å². The second-order valence-electron chi connectivity index (χ2n) is 2.82. The van der Waals surface area contributed by atoms with Crippen LogP contribution in [0.2, 0.25) is 5.02 Å². The first kappa shape index (κ1) is 12.1. The number of carboxylic acids is 1. The van der Waals surface area contributed by atoms with E-state index in [0.717, 1.165) is 6.20 Å². The van der Waals surface area contributed by atoms with Crippen molar-refractivity contribution in [2.75, 3.05) is 0 Å². The first-order valence-corrected chi connectivity index (χ1v) is 4.56. The Morgan fingerprint density at radius 1 is 1.62 bits per heavy atom. The molecule has 1 N–H and O–H groups in total. The van der Waals surface area contributed by atoms with Crippen molar-refractivity contribution in [3.63, 3.8) is 0 Å².